The molecule has 9 nitrogen and oxygen atoms in total. The number of nitrogens with one attached hydrogen (secondary N) is 1. The first kappa shape index (κ1) is 19.6. The highest BCUT2D eigenvalue weighted by Gasteiger charge is 2.17. The zero-order chi connectivity index (χ0) is 21.8. The van der Waals surface area contributed by atoms with Crippen molar-refractivity contribution in [2.75, 3.05) is 5.32 Å². The lowest BCUT2D eigenvalue weighted by Crippen LogP contribution is -2.12. The number of anilines is 1. The zero-order valence-corrected chi connectivity index (χ0v) is 15.9. The number of nitro benzene ring substituents is 1. The van der Waals surface area contributed by atoms with Gasteiger partial charge in [0.2, 0.25) is 0 Å². The molecular weight excluding hydrogens is 402 g/mol. The molecule has 0 atom stereocenters. The third-order valence-corrected chi connectivity index (χ3v) is 4.23. The molecule has 0 saturated heterocycles. The van der Waals surface area contributed by atoms with Crippen LogP contribution in [0.3, 0.4) is 0 Å². The number of rotatable bonds is 6. The summed E-state index contributed by atoms with van der Waals surface area (Å²) >= 11 is 0. The molecule has 154 valence electrons. The van der Waals surface area contributed by atoms with Gasteiger partial charge < -0.3 is 19.7 Å². The van der Waals surface area contributed by atoms with Gasteiger partial charge in [0.15, 0.2) is 11.5 Å². The van der Waals surface area contributed by atoms with Gasteiger partial charge in [0.25, 0.3) is 11.6 Å². The Morgan fingerprint density at radius 3 is 2.45 bits per heavy atom. The molecular formula is C22H15N3O6. The van der Waals surface area contributed by atoms with Gasteiger partial charge in [-0.3, -0.25) is 14.9 Å². The first-order valence-electron chi connectivity index (χ1n) is 9.08. The van der Waals surface area contributed by atoms with Crippen LogP contribution < -0.4 is 10.1 Å². The molecule has 0 spiro atoms. The molecule has 1 aromatic heterocycles. The Balaban J connectivity index is 1.56. The summed E-state index contributed by atoms with van der Waals surface area (Å²) < 4.78 is 10.8. The van der Waals surface area contributed by atoms with E-state index in [0.29, 0.717) is 11.5 Å². The Bertz CT molecular complexity index is 1240. The van der Waals surface area contributed by atoms with Crippen LogP contribution in [0.25, 0.3) is 11.3 Å². The fourth-order valence-corrected chi connectivity index (χ4v) is 2.79. The first-order chi connectivity index (χ1) is 15.0. The molecule has 3 aromatic carbocycles. The highest BCUT2D eigenvalue weighted by atomic mass is 16.6. The maximum absolute atomic E-state index is 12.6. The number of carbonyl (C=O) groups is 1. The van der Waals surface area contributed by atoms with Crippen molar-refractivity contribution < 1.29 is 24.1 Å². The maximum atomic E-state index is 12.6. The minimum absolute atomic E-state index is 0.0198. The highest BCUT2D eigenvalue weighted by molar-refractivity contribution is 6.03. The third kappa shape index (κ3) is 4.67. The summed E-state index contributed by atoms with van der Waals surface area (Å²) in [7, 11) is 0. The second-order valence-electron chi connectivity index (χ2n) is 6.47. The lowest BCUT2D eigenvalue weighted by Gasteiger charge is -2.09. The number of nitrogens with zero attached hydrogens (tertiary/aromatic N) is 2. The number of non-ortho nitro benzene ring substituents is 1. The fraction of sp³-hybridized carbons (Fsp3) is 0. The number of amides is 1. The number of aromatic hydroxyl groups is 1. The number of benzene rings is 3. The minimum Gasteiger partial charge on any atom is -0.508 e. The molecule has 31 heavy (non-hydrogen) atoms. The van der Waals surface area contributed by atoms with E-state index in [4.69, 9.17) is 9.26 Å². The second kappa shape index (κ2) is 8.37. The van der Waals surface area contributed by atoms with Crippen molar-refractivity contribution in [3.63, 3.8) is 0 Å². The Morgan fingerprint density at radius 2 is 1.74 bits per heavy atom. The zero-order valence-electron chi connectivity index (χ0n) is 15.9. The molecule has 2 N–H and O–H groups in total. The van der Waals surface area contributed by atoms with Gasteiger partial charge in [-0.25, -0.2) is 0 Å². The van der Waals surface area contributed by atoms with Crippen LogP contribution in [-0.2, 0) is 0 Å². The number of carbonyl (C=O) groups excluding carboxylic acids is 1. The SMILES string of the molecule is O=C(Nc1cc(Oc2ccc(O)cc2)cc([N+](=O)[O-])c1)c1cc(-c2ccccc2)on1. The van der Waals surface area contributed by atoms with E-state index in [1.807, 2.05) is 30.3 Å². The number of nitro groups is 1. The summed E-state index contributed by atoms with van der Waals surface area (Å²) in [6, 6.07) is 20.4. The summed E-state index contributed by atoms with van der Waals surface area (Å²) in [6.45, 7) is 0. The predicted octanol–water partition coefficient (Wildman–Crippen LogP) is 5.00. The average Bonchev–Trinajstić information content (AvgIpc) is 3.26. The lowest BCUT2D eigenvalue weighted by atomic mass is 10.1. The van der Waals surface area contributed by atoms with Crippen molar-refractivity contribution in [3.05, 3.63) is 94.7 Å². The van der Waals surface area contributed by atoms with Crippen molar-refractivity contribution >= 4 is 17.3 Å². The minimum atomic E-state index is -0.595. The standard InChI is InChI=1S/C22H15N3O6/c26-17-6-8-18(9-7-17)30-19-11-15(10-16(12-19)25(28)29)23-22(27)20-13-21(31-24-20)14-4-2-1-3-5-14/h1-13,26H,(H,23,27). The molecule has 0 unspecified atom stereocenters. The molecule has 0 fully saturated rings. The van der Waals surface area contributed by atoms with Crippen molar-refractivity contribution in [2.45, 2.75) is 0 Å². The van der Waals surface area contributed by atoms with Crippen molar-refractivity contribution in [3.8, 4) is 28.6 Å². The van der Waals surface area contributed by atoms with Crippen LogP contribution >= 0.6 is 0 Å². The number of aromatic nitrogens is 1. The number of hydrogen-bond donors (Lipinski definition) is 2. The van der Waals surface area contributed by atoms with Crippen LogP contribution in [-0.4, -0.2) is 21.1 Å². The van der Waals surface area contributed by atoms with E-state index in [1.54, 1.807) is 0 Å². The van der Waals surface area contributed by atoms with Gasteiger partial charge in [0.1, 0.15) is 17.2 Å². The summed E-state index contributed by atoms with van der Waals surface area (Å²) in [6.07, 6.45) is 0. The number of hydrogen-bond acceptors (Lipinski definition) is 7. The Hall–Kier alpha value is -4.66. The van der Waals surface area contributed by atoms with E-state index < -0.39 is 10.8 Å². The van der Waals surface area contributed by atoms with Gasteiger partial charge in [-0.1, -0.05) is 35.5 Å². The molecule has 4 aromatic rings. The lowest BCUT2D eigenvalue weighted by molar-refractivity contribution is -0.384. The normalized spacial score (nSPS) is 10.5. The number of ether oxygens (including phenoxy) is 1. The molecule has 1 amide bonds. The van der Waals surface area contributed by atoms with Crippen LogP contribution in [0, 0.1) is 10.1 Å². The number of phenols is 1. The van der Waals surface area contributed by atoms with Crippen LogP contribution in [0.15, 0.2) is 83.4 Å². The summed E-state index contributed by atoms with van der Waals surface area (Å²) in [5, 5.41) is 27.0. The quantitative estimate of drug-likeness (QED) is 0.334. The Morgan fingerprint density at radius 1 is 1.00 bits per heavy atom. The first-order valence-corrected chi connectivity index (χ1v) is 9.08. The fourth-order valence-electron chi connectivity index (χ4n) is 2.79. The predicted molar refractivity (Wildman–Crippen MR) is 111 cm³/mol. The molecule has 0 aliphatic heterocycles. The van der Waals surface area contributed by atoms with Gasteiger partial charge in [-0.15, -0.1) is 0 Å². The van der Waals surface area contributed by atoms with Crippen LogP contribution in [0.4, 0.5) is 11.4 Å². The van der Waals surface area contributed by atoms with Gasteiger partial charge in [-0.05, 0) is 24.3 Å². The average molecular weight is 417 g/mol. The highest BCUT2D eigenvalue weighted by Crippen LogP contribution is 2.31. The van der Waals surface area contributed by atoms with E-state index >= 15 is 0 Å². The van der Waals surface area contributed by atoms with Gasteiger partial charge in [0, 0.05) is 23.8 Å². The molecule has 0 bridgehead atoms. The molecule has 9 heteroatoms. The topological polar surface area (TPSA) is 128 Å². The van der Waals surface area contributed by atoms with Crippen LogP contribution in [0.2, 0.25) is 0 Å². The molecule has 1 heterocycles. The second-order valence-corrected chi connectivity index (χ2v) is 6.47. The molecule has 4 rings (SSSR count). The van der Waals surface area contributed by atoms with E-state index in [-0.39, 0.29) is 28.6 Å². The smallest absolute Gasteiger partial charge is 0.277 e. The summed E-state index contributed by atoms with van der Waals surface area (Å²) in [4.78, 5) is 23.3. The Kier molecular flexibility index (Phi) is 5.31. The number of phenolic OH excluding ortho intramolecular Hbond substituents is 1. The van der Waals surface area contributed by atoms with Gasteiger partial charge in [-0.2, -0.15) is 0 Å². The van der Waals surface area contributed by atoms with Crippen molar-refractivity contribution in [2.24, 2.45) is 0 Å². The third-order valence-electron chi connectivity index (χ3n) is 4.23. The van der Waals surface area contributed by atoms with E-state index in [9.17, 15) is 20.0 Å². The molecule has 0 aliphatic carbocycles. The summed E-state index contributed by atoms with van der Waals surface area (Å²) in [5.74, 6) is 0.380. The van der Waals surface area contributed by atoms with Crippen molar-refractivity contribution in [1.29, 1.82) is 0 Å². The van der Waals surface area contributed by atoms with E-state index in [1.165, 1.54) is 48.5 Å². The monoisotopic (exact) mass is 417 g/mol. The van der Waals surface area contributed by atoms with Crippen molar-refractivity contribution in [1.82, 2.24) is 5.16 Å². The Labute approximate surface area is 175 Å². The maximum Gasteiger partial charge on any atom is 0.277 e. The molecule has 0 aliphatic rings. The van der Waals surface area contributed by atoms with Gasteiger partial charge in [0.05, 0.1) is 16.7 Å². The molecule has 0 saturated carbocycles. The molecule has 0 radical (unpaired) electrons. The van der Waals surface area contributed by atoms with Crippen LogP contribution in [0.1, 0.15) is 10.5 Å². The summed E-state index contributed by atoms with van der Waals surface area (Å²) in [5.41, 5.74) is 0.661. The van der Waals surface area contributed by atoms with Crippen LogP contribution in [0.5, 0.6) is 17.2 Å². The van der Waals surface area contributed by atoms with Gasteiger partial charge >= 0.3 is 0 Å². The van der Waals surface area contributed by atoms with E-state index in [2.05, 4.69) is 10.5 Å². The largest absolute Gasteiger partial charge is 0.508 e. The van der Waals surface area contributed by atoms with E-state index in [0.717, 1.165) is 5.56 Å².